The molecule has 5 nitrogen and oxygen atoms in total. The third-order valence-electron chi connectivity index (χ3n) is 2.91. The van der Waals surface area contributed by atoms with Gasteiger partial charge in [-0.1, -0.05) is 18.2 Å². The Hall–Kier alpha value is -3.02. The number of hydrogen-bond donors (Lipinski definition) is 2. The molecule has 3 N–H and O–H groups in total. The van der Waals surface area contributed by atoms with Crippen molar-refractivity contribution in [2.45, 2.75) is 0 Å². The number of benzene rings is 2. The molecule has 104 valence electrons. The predicted octanol–water partition coefficient (Wildman–Crippen LogP) is 2.37. The first-order chi connectivity index (χ1) is 10.2. The van der Waals surface area contributed by atoms with Gasteiger partial charge >= 0.3 is 0 Å². The highest BCUT2D eigenvalue weighted by molar-refractivity contribution is 6.72. The molecular weight excluding hydrogens is 269 g/mol. The normalized spacial score (nSPS) is 15.8. The van der Waals surface area contributed by atoms with Gasteiger partial charge in [-0.2, -0.15) is 5.10 Å². The first kappa shape index (κ1) is 13.0. The minimum absolute atomic E-state index is 0.220. The van der Waals surface area contributed by atoms with Gasteiger partial charge in [0.05, 0.1) is 5.69 Å². The van der Waals surface area contributed by atoms with Gasteiger partial charge in [0.2, 0.25) is 0 Å². The van der Waals surface area contributed by atoms with E-state index in [1.807, 2.05) is 30.3 Å². The van der Waals surface area contributed by atoms with E-state index in [0.29, 0.717) is 17.0 Å². The fourth-order valence-electron chi connectivity index (χ4n) is 1.87. The SMILES string of the molecule is NC1=NN=C(c2ccc(F)cc2)/C1=N\Nc1ccccc1. The smallest absolute Gasteiger partial charge is 0.176 e. The van der Waals surface area contributed by atoms with E-state index in [2.05, 4.69) is 20.7 Å². The van der Waals surface area contributed by atoms with Crippen LogP contribution in [-0.2, 0) is 0 Å². The average molecular weight is 281 g/mol. The molecule has 0 unspecified atom stereocenters. The summed E-state index contributed by atoms with van der Waals surface area (Å²) in [5.41, 5.74) is 11.2. The fourth-order valence-corrected chi connectivity index (χ4v) is 1.87. The van der Waals surface area contributed by atoms with E-state index in [-0.39, 0.29) is 11.7 Å². The predicted molar refractivity (Wildman–Crippen MR) is 82.1 cm³/mol. The molecule has 0 saturated heterocycles. The number of nitrogens with two attached hydrogens (primary N) is 1. The number of rotatable bonds is 3. The van der Waals surface area contributed by atoms with E-state index in [4.69, 9.17) is 5.73 Å². The van der Waals surface area contributed by atoms with Crippen LogP contribution in [0.5, 0.6) is 0 Å². The van der Waals surface area contributed by atoms with Crippen LogP contribution in [0.2, 0.25) is 0 Å². The van der Waals surface area contributed by atoms with Gasteiger partial charge in [0.1, 0.15) is 11.5 Å². The van der Waals surface area contributed by atoms with E-state index in [1.165, 1.54) is 12.1 Å². The summed E-state index contributed by atoms with van der Waals surface area (Å²) >= 11 is 0. The molecule has 0 amide bonds. The van der Waals surface area contributed by atoms with Gasteiger partial charge in [0, 0.05) is 5.56 Å². The quantitative estimate of drug-likeness (QED) is 0.847. The summed E-state index contributed by atoms with van der Waals surface area (Å²) in [6.45, 7) is 0. The summed E-state index contributed by atoms with van der Waals surface area (Å²) in [5, 5.41) is 12.1. The van der Waals surface area contributed by atoms with Gasteiger partial charge in [-0.25, -0.2) is 4.39 Å². The Morgan fingerprint density at radius 3 is 2.38 bits per heavy atom. The maximum atomic E-state index is 13.0. The number of para-hydroxylation sites is 1. The van der Waals surface area contributed by atoms with Gasteiger partial charge in [0.15, 0.2) is 11.5 Å². The molecule has 0 saturated carbocycles. The third kappa shape index (κ3) is 2.79. The van der Waals surface area contributed by atoms with Crippen molar-refractivity contribution < 1.29 is 4.39 Å². The molecule has 0 fully saturated rings. The van der Waals surface area contributed by atoms with Crippen molar-refractivity contribution in [2.75, 3.05) is 5.43 Å². The molecular formula is C15H12FN5. The fraction of sp³-hybridized carbons (Fsp3) is 0. The number of hydrazone groups is 1. The molecule has 3 rings (SSSR count). The second-order valence-corrected chi connectivity index (χ2v) is 4.38. The summed E-state index contributed by atoms with van der Waals surface area (Å²) in [7, 11) is 0. The molecule has 2 aromatic carbocycles. The van der Waals surface area contributed by atoms with Gasteiger partial charge in [0.25, 0.3) is 0 Å². The Balaban J connectivity index is 1.87. The van der Waals surface area contributed by atoms with Gasteiger partial charge in [-0.05, 0) is 36.4 Å². The molecule has 1 aliphatic heterocycles. The van der Waals surface area contributed by atoms with E-state index in [9.17, 15) is 4.39 Å². The molecule has 0 radical (unpaired) electrons. The molecule has 0 spiro atoms. The van der Waals surface area contributed by atoms with Crippen molar-refractivity contribution in [3.8, 4) is 0 Å². The zero-order valence-electron chi connectivity index (χ0n) is 11.0. The highest BCUT2D eigenvalue weighted by atomic mass is 19.1. The highest BCUT2D eigenvalue weighted by Crippen LogP contribution is 2.11. The van der Waals surface area contributed by atoms with Crippen molar-refractivity contribution in [3.05, 3.63) is 66.0 Å². The minimum Gasteiger partial charge on any atom is -0.380 e. The zero-order chi connectivity index (χ0) is 14.7. The Bertz CT molecular complexity index is 732. The van der Waals surface area contributed by atoms with Crippen LogP contribution in [0.25, 0.3) is 0 Å². The first-order valence-corrected chi connectivity index (χ1v) is 6.30. The van der Waals surface area contributed by atoms with Crippen LogP contribution in [0.3, 0.4) is 0 Å². The molecule has 21 heavy (non-hydrogen) atoms. The second kappa shape index (κ2) is 5.54. The van der Waals surface area contributed by atoms with E-state index in [0.717, 1.165) is 5.69 Å². The maximum Gasteiger partial charge on any atom is 0.176 e. The Kier molecular flexibility index (Phi) is 3.42. The molecule has 1 heterocycles. The van der Waals surface area contributed by atoms with Gasteiger partial charge < -0.3 is 5.73 Å². The molecule has 0 atom stereocenters. The molecule has 0 aromatic heterocycles. The van der Waals surface area contributed by atoms with Crippen molar-refractivity contribution >= 4 is 22.9 Å². The lowest BCUT2D eigenvalue weighted by atomic mass is 10.1. The lowest BCUT2D eigenvalue weighted by Gasteiger charge is -2.05. The largest absolute Gasteiger partial charge is 0.380 e. The van der Waals surface area contributed by atoms with E-state index >= 15 is 0 Å². The Morgan fingerprint density at radius 2 is 1.67 bits per heavy atom. The van der Waals surface area contributed by atoms with Crippen molar-refractivity contribution in [3.63, 3.8) is 0 Å². The third-order valence-corrected chi connectivity index (χ3v) is 2.91. The van der Waals surface area contributed by atoms with Crippen LogP contribution in [0.1, 0.15) is 5.56 Å². The number of amidine groups is 1. The van der Waals surface area contributed by atoms with Crippen LogP contribution >= 0.6 is 0 Å². The first-order valence-electron chi connectivity index (χ1n) is 6.30. The monoisotopic (exact) mass is 281 g/mol. The average Bonchev–Trinajstić information content (AvgIpc) is 2.88. The summed E-state index contributed by atoms with van der Waals surface area (Å²) in [4.78, 5) is 0. The number of nitrogens with one attached hydrogen (secondary N) is 1. The number of nitrogens with zero attached hydrogens (tertiary/aromatic N) is 3. The van der Waals surface area contributed by atoms with Crippen LogP contribution < -0.4 is 11.2 Å². The van der Waals surface area contributed by atoms with Gasteiger partial charge in [-0.15, -0.1) is 10.2 Å². The maximum absolute atomic E-state index is 13.0. The summed E-state index contributed by atoms with van der Waals surface area (Å²) < 4.78 is 13.0. The van der Waals surface area contributed by atoms with Crippen molar-refractivity contribution in [2.24, 2.45) is 21.0 Å². The Labute approximate surface area is 120 Å². The van der Waals surface area contributed by atoms with E-state index < -0.39 is 0 Å². The standard InChI is InChI=1S/C15H12FN5/c16-11-8-6-10(7-9-11)13-14(15(17)21-19-13)20-18-12-4-2-1-3-5-12/h1-9,18H,(H2,17,20,21). The summed E-state index contributed by atoms with van der Waals surface area (Å²) in [5.74, 6) is -0.0927. The zero-order valence-corrected chi connectivity index (χ0v) is 11.0. The summed E-state index contributed by atoms with van der Waals surface area (Å²) in [6, 6.07) is 15.4. The van der Waals surface area contributed by atoms with Gasteiger partial charge in [-0.3, -0.25) is 5.43 Å². The van der Waals surface area contributed by atoms with Crippen molar-refractivity contribution in [1.82, 2.24) is 0 Å². The molecule has 0 aliphatic carbocycles. The van der Waals surface area contributed by atoms with Crippen LogP contribution in [-0.4, -0.2) is 17.3 Å². The van der Waals surface area contributed by atoms with Crippen molar-refractivity contribution in [1.29, 1.82) is 0 Å². The second-order valence-electron chi connectivity index (χ2n) is 4.38. The number of anilines is 1. The van der Waals surface area contributed by atoms with Crippen LogP contribution in [0.4, 0.5) is 10.1 Å². The van der Waals surface area contributed by atoms with Crippen LogP contribution in [0, 0.1) is 5.82 Å². The Morgan fingerprint density at radius 1 is 0.952 bits per heavy atom. The lowest BCUT2D eigenvalue weighted by molar-refractivity contribution is 0.628. The topological polar surface area (TPSA) is 75.1 Å². The molecule has 2 aromatic rings. The highest BCUT2D eigenvalue weighted by Gasteiger charge is 2.21. The summed E-state index contributed by atoms with van der Waals surface area (Å²) in [6.07, 6.45) is 0. The minimum atomic E-state index is -0.313. The molecule has 6 heteroatoms. The molecule has 1 aliphatic rings. The van der Waals surface area contributed by atoms with E-state index in [1.54, 1.807) is 12.1 Å². The number of halogens is 1. The molecule has 0 bridgehead atoms. The number of hydrogen-bond acceptors (Lipinski definition) is 5. The lowest BCUT2D eigenvalue weighted by Crippen LogP contribution is -2.28. The van der Waals surface area contributed by atoms with Crippen LogP contribution in [0.15, 0.2) is 69.9 Å².